The van der Waals surface area contributed by atoms with Gasteiger partial charge in [-0.15, -0.1) is 0 Å². The van der Waals surface area contributed by atoms with Gasteiger partial charge in [0.05, 0.1) is 24.8 Å². The summed E-state index contributed by atoms with van der Waals surface area (Å²) in [5.41, 5.74) is -2.30. The SMILES string of the molecule is C=C1NC(=O)C=CN1[C@@H]1O[C@H](CO[P@@](=O)(C[C@@H](C)C(=O)OC(C)C)Oc2ccccc2)[C@@H](O)[C@@]1(C)F. The second kappa shape index (κ2) is 11.1. The van der Waals surface area contributed by atoms with Crippen molar-refractivity contribution in [3.63, 3.8) is 0 Å². The van der Waals surface area contributed by atoms with Crippen molar-refractivity contribution in [2.24, 2.45) is 5.92 Å². The summed E-state index contributed by atoms with van der Waals surface area (Å²) < 4.78 is 51.5. The Kier molecular flexibility index (Phi) is 8.61. The van der Waals surface area contributed by atoms with Crippen LogP contribution in [0.15, 0.2) is 55.0 Å². The minimum absolute atomic E-state index is 0.0701. The average molecular weight is 526 g/mol. The Morgan fingerprint density at radius 1 is 1.33 bits per heavy atom. The van der Waals surface area contributed by atoms with Crippen LogP contribution in [0.2, 0.25) is 0 Å². The fourth-order valence-corrected chi connectivity index (χ4v) is 5.63. The van der Waals surface area contributed by atoms with Crippen molar-refractivity contribution >= 4 is 19.5 Å². The van der Waals surface area contributed by atoms with E-state index in [0.717, 1.165) is 6.92 Å². The van der Waals surface area contributed by atoms with Crippen molar-refractivity contribution < 1.29 is 42.2 Å². The minimum atomic E-state index is -4.00. The highest BCUT2D eigenvalue weighted by atomic mass is 31.2. The van der Waals surface area contributed by atoms with Crippen molar-refractivity contribution in [1.82, 2.24) is 10.2 Å². The van der Waals surface area contributed by atoms with E-state index in [4.69, 9.17) is 18.5 Å². The van der Waals surface area contributed by atoms with Crippen LogP contribution in [0, 0.1) is 5.92 Å². The molecule has 1 aromatic carbocycles. The molecule has 2 heterocycles. The van der Waals surface area contributed by atoms with Crippen molar-refractivity contribution in [2.45, 2.75) is 57.9 Å². The van der Waals surface area contributed by atoms with Gasteiger partial charge < -0.3 is 29.3 Å². The summed E-state index contributed by atoms with van der Waals surface area (Å²) in [6.45, 7) is 9.26. The monoisotopic (exact) mass is 526 g/mol. The highest BCUT2D eigenvalue weighted by molar-refractivity contribution is 7.54. The van der Waals surface area contributed by atoms with E-state index in [1.807, 2.05) is 0 Å². The molecule has 6 atom stereocenters. The van der Waals surface area contributed by atoms with E-state index in [9.17, 15) is 19.3 Å². The van der Waals surface area contributed by atoms with Crippen molar-refractivity contribution in [3.8, 4) is 5.75 Å². The maximum absolute atomic E-state index is 15.6. The van der Waals surface area contributed by atoms with E-state index in [2.05, 4.69) is 11.9 Å². The van der Waals surface area contributed by atoms with Crippen LogP contribution in [0.5, 0.6) is 5.75 Å². The Balaban J connectivity index is 1.76. The van der Waals surface area contributed by atoms with Crippen molar-refractivity contribution in [1.29, 1.82) is 0 Å². The van der Waals surface area contributed by atoms with Crippen LogP contribution in [0.4, 0.5) is 4.39 Å². The van der Waals surface area contributed by atoms with Gasteiger partial charge in [-0.1, -0.05) is 31.7 Å². The number of aliphatic hydroxyl groups excluding tert-OH is 1. The average Bonchev–Trinajstić information content (AvgIpc) is 3.01. The van der Waals surface area contributed by atoms with Gasteiger partial charge >= 0.3 is 13.6 Å². The number of hydrogen-bond donors (Lipinski definition) is 2. The zero-order valence-electron chi connectivity index (χ0n) is 20.6. The molecule has 0 spiro atoms. The number of nitrogens with one attached hydrogen (secondary N) is 1. The number of esters is 1. The molecule has 2 aliphatic heterocycles. The van der Waals surface area contributed by atoms with E-state index >= 15 is 4.39 Å². The number of ether oxygens (including phenoxy) is 2. The quantitative estimate of drug-likeness (QED) is 0.350. The Hall–Kier alpha value is -2.72. The predicted molar refractivity (Wildman–Crippen MR) is 128 cm³/mol. The molecular formula is C24H32FN2O8P. The van der Waals surface area contributed by atoms with Gasteiger partial charge in [0.2, 0.25) is 0 Å². The van der Waals surface area contributed by atoms with E-state index in [1.165, 1.54) is 24.1 Å². The molecule has 0 radical (unpaired) electrons. The predicted octanol–water partition coefficient (Wildman–Crippen LogP) is 3.09. The van der Waals surface area contributed by atoms with Gasteiger partial charge in [-0.3, -0.25) is 14.1 Å². The molecular weight excluding hydrogens is 494 g/mol. The van der Waals surface area contributed by atoms with Crippen LogP contribution in [0.3, 0.4) is 0 Å². The first kappa shape index (κ1) is 27.9. The first-order chi connectivity index (χ1) is 16.8. The standard InChI is InChI=1S/C24H32FN2O8P/c1-15(2)33-22(30)16(3)14-36(31,35-18-9-7-6-8-10-18)32-13-19-21(29)24(5,25)23(34-19)27-12-11-20(28)26-17(27)4/h6-12,15-16,19,21,23,29H,4,13-14H2,1-3,5H3,(H,26,28)/t16-,19-,21-,23-,24-,36+/m1/s1. The minimum Gasteiger partial charge on any atom is -0.463 e. The Morgan fingerprint density at radius 3 is 2.61 bits per heavy atom. The second-order valence-corrected chi connectivity index (χ2v) is 11.2. The molecule has 1 fully saturated rings. The summed E-state index contributed by atoms with van der Waals surface area (Å²) in [7, 11) is -4.00. The number of alkyl halides is 1. The summed E-state index contributed by atoms with van der Waals surface area (Å²) in [5.74, 6) is -1.52. The molecule has 0 aliphatic carbocycles. The lowest BCUT2D eigenvalue weighted by molar-refractivity contribution is -0.151. The fourth-order valence-electron chi connectivity index (χ4n) is 3.76. The van der Waals surface area contributed by atoms with E-state index in [-0.39, 0.29) is 23.8 Å². The van der Waals surface area contributed by atoms with Gasteiger partial charge in [-0.2, -0.15) is 0 Å². The fraction of sp³-hybridized carbons (Fsp3) is 0.500. The van der Waals surface area contributed by atoms with Crippen LogP contribution in [0.1, 0.15) is 27.7 Å². The van der Waals surface area contributed by atoms with Gasteiger partial charge in [-0.25, -0.2) is 8.96 Å². The molecule has 0 aromatic heterocycles. The molecule has 2 aliphatic rings. The lowest BCUT2D eigenvalue weighted by Crippen LogP contribution is -2.51. The molecule has 10 nitrogen and oxygen atoms in total. The molecule has 1 saturated heterocycles. The molecule has 1 amide bonds. The summed E-state index contributed by atoms with van der Waals surface area (Å²) >= 11 is 0. The van der Waals surface area contributed by atoms with Gasteiger partial charge in [0.25, 0.3) is 5.91 Å². The third-order valence-corrected chi connectivity index (χ3v) is 7.64. The van der Waals surface area contributed by atoms with Crippen molar-refractivity contribution in [2.75, 3.05) is 12.8 Å². The first-order valence-corrected chi connectivity index (χ1v) is 13.2. The number of rotatable bonds is 10. The first-order valence-electron chi connectivity index (χ1n) is 11.5. The number of benzene rings is 1. The zero-order chi connectivity index (χ0) is 26.7. The summed E-state index contributed by atoms with van der Waals surface area (Å²) in [5, 5.41) is 13.1. The lowest BCUT2D eigenvalue weighted by Gasteiger charge is -2.35. The Labute approximate surface area is 209 Å². The maximum atomic E-state index is 15.6. The normalized spacial score (nSPS) is 28.5. The highest BCUT2D eigenvalue weighted by Gasteiger charge is 2.57. The summed E-state index contributed by atoms with van der Waals surface area (Å²) in [6, 6.07) is 8.25. The smallest absolute Gasteiger partial charge is 0.380 e. The van der Waals surface area contributed by atoms with E-state index in [1.54, 1.807) is 44.2 Å². The third kappa shape index (κ3) is 6.53. The van der Waals surface area contributed by atoms with Crippen LogP contribution < -0.4 is 9.84 Å². The Morgan fingerprint density at radius 2 is 2.00 bits per heavy atom. The summed E-state index contributed by atoms with van der Waals surface area (Å²) in [4.78, 5) is 25.1. The van der Waals surface area contributed by atoms with E-state index < -0.39 is 56.1 Å². The molecule has 2 N–H and O–H groups in total. The van der Waals surface area contributed by atoms with Crippen LogP contribution in [-0.4, -0.2) is 64.9 Å². The van der Waals surface area contributed by atoms with Crippen LogP contribution in [-0.2, 0) is 28.2 Å². The Bertz CT molecular complexity index is 1050. The molecule has 36 heavy (non-hydrogen) atoms. The van der Waals surface area contributed by atoms with Gasteiger partial charge in [0, 0.05) is 12.3 Å². The largest absolute Gasteiger partial charge is 0.463 e. The summed E-state index contributed by atoms with van der Waals surface area (Å²) in [6.07, 6.45) is -2.47. The number of para-hydroxylation sites is 1. The highest BCUT2D eigenvalue weighted by Crippen LogP contribution is 2.51. The number of nitrogens with zero attached hydrogens (tertiary/aromatic N) is 1. The molecule has 198 valence electrons. The molecule has 0 unspecified atom stereocenters. The lowest BCUT2D eigenvalue weighted by atomic mass is 9.98. The molecule has 0 bridgehead atoms. The topological polar surface area (TPSA) is 124 Å². The van der Waals surface area contributed by atoms with Crippen LogP contribution in [0.25, 0.3) is 0 Å². The number of halogens is 1. The molecule has 0 saturated carbocycles. The molecule has 12 heteroatoms. The molecule has 3 rings (SSSR count). The van der Waals surface area contributed by atoms with E-state index in [0.29, 0.717) is 0 Å². The second-order valence-electron chi connectivity index (χ2n) is 9.16. The number of hydrogen-bond acceptors (Lipinski definition) is 9. The van der Waals surface area contributed by atoms with Gasteiger partial charge in [0.15, 0.2) is 11.9 Å². The number of aliphatic hydroxyl groups is 1. The molecule has 1 aromatic rings. The van der Waals surface area contributed by atoms with Gasteiger partial charge in [0.1, 0.15) is 23.8 Å². The number of amides is 1. The zero-order valence-corrected chi connectivity index (χ0v) is 21.5. The van der Waals surface area contributed by atoms with Crippen LogP contribution >= 0.6 is 7.60 Å². The maximum Gasteiger partial charge on any atom is 0.380 e. The third-order valence-electron chi connectivity index (χ3n) is 5.61. The number of carbonyl (C=O) groups is 2. The van der Waals surface area contributed by atoms with Crippen molar-refractivity contribution in [3.05, 3.63) is 55.0 Å². The number of carbonyl (C=O) groups excluding carboxylic acids is 2. The van der Waals surface area contributed by atoms with Gasteiger partial charge in [-0.05, 0) is 32.9 Å².